The van der Waals surface area contributed by atoms with E-state index in [2.05, 4.69) is 26.3 Å². The predicted octanol–water partition coefficient (Wildman–Crippen LogP) is 3.50. The van der Waals surface area contributed by atoms with Crippen molar-refractivity contribution < 1.29 is 4.74 Å². The molecule has 132 valence electrons. The van der Waals surface area contributed by atoms with Crippen molar-refractivity contribution in [2.45, 2.75) is 23.8 Å². The molecule has 3 heterocycles. The molecule has 4 rings (SSSR count). The molecular formula is C19H19N5OS. The van der Waals surface area contributed by atoms with Crippen molar-refractivity contribution in [3.8, 4) is 6.07 Å². The van der Waals surface area contributed by atoms with Crippen LogP contribution in [-0.2, 0) is 4.74 Å². The third kappa shape index (κ3) is 3.26. The average Bonchev–Trinajstić information content (AvgIpc) is 3.12. The lowest BCUT2D eigenvalue weighted by Gasteiger charge is -2.31. The van der Waals surface area contributed by atoms with Crippen molar-refractivity contribution in [3.05, 3.63) is 47.3 Å². The third-order valence-corrected chi connectivity index (χ3v) is 5.73. The van der Waals surface area contributed by atoms with Crippen LogP contribution in [-0.4, -0.2) is 36.3 Å². The molecule has 1 aromatic carbocycles. The predicted molar refractivity (Wildman–Crippen MR) is 103 cm³/mol. The van der Waals surface area contributed by atoms with Crippen molar-refractivity contribution in [2.75, 3.05) is 30.4 Å². The van der Waals surface area contributed by atoms with Gasteiger partial charge in [0.1, 0.15) is 11.6 Å². The van der Waals surface area contributed by atoms with Gasteiger partial charge in [0.15, 0.2) is 0 Å². The van der Waals surface area contributed by atoms with Crippen molar-refractivity contribution >= 4 is 29.0 Å². The second-order valence-corrected chi connectivity index (χ2v) is 7.26. The Labute approximate surface area is 156 Å². The zero-order valence-corrected chi connectivity index (χ0v) is 15.3. The van der Waals surface area contributed by atoms with Crippen LogP contribution in [0.1, 0.15) is 18.5 Å². The Morgan fingerprint density at radius 1 is 1.31 bits per heavy atom. The summed E-state index contributed by atoms with van der Waals surface area (Å²) in [5, 5.41) is 13.9. The van der Waals surface area contributed by atoms with E-state index in [9.17, 15) is 5.26 Å². The molecule has 0 aliphatic carbocycles. The first-order valence-electron chi connectivity index (χ1n) is 8.58. The number of hydrogen-bond acceptors (Lipinski definition) is 7. The molecule has 7 heteroatoms. The standard InChI is InChI=1S/C19H19N5OS/c1-25-13-7-10-24(11-8-13)19-21-9-6-15(23-19)14(12-20)18-22-16-4-2-3-5-17(16)26-18/h2-6,9,13,22H,7-8,10-11H2,1H3/b18-14+. The molecule has 1 fully saturated rings. The van der Waals surface area contributed by atoms with Gasteiger partial charge in [-0.25, -0.2) is 9.97 Å². The van der Waals surface area contributed by atoms with Gasteiger partial charge in [0.05, 0.1) is 22.5 Å². The molecule has 6 nitrogen and oxygen atoms in total. The Bertz CT molecular complexity index is 856. The molecule has 0 amide bonds. The van der Waals surface area contributed by atoms with Crippen LogP contribution in [0, 0.1) is 11.3 Å². The average molecular weight is 365 g/mol. The summed E-state index contributed by atoms with van der Waals surface area (Å²) in [6, 6.07) is 12.1. The van der Waals surface area contributed by atoms with Crippen LogP contribution in [0.25, 0.3) is 5.57 Å². The van der Waals surface area contributed by atoms with E-state index in [0.29, 0.717) is 23.3 Å². The van der Waals surface area contributed by atoms with E-state index in [1.807, 2.05) is 24.3 Å². The molecule has 0 spiro atoms. The van der Waals surface area contributed by atoms with Crippen molar-refractivity contribution in [1.82, 2.24) is 9.97 Å². The van der Waals surface area contributed by atoms with Crippen LogP contribution in [0.3, 0.4) is 0 Å². The Kier molecular flexibility index (Phi) is 4.78. The lowest BCUT2D eigenvalue weighted by atomic mass is 10.1. The van der Waals surface area contributed by atoms with Crippen LogP contribution >= 0.6 is 11.8 Å². The second-order valence-electron chi connectivity index (χ2n) is 6.20. The number of nitriles is 1. The van der Waals surface area contributed by atoms with Gasteiger partial charge in [-0.05, 0) is 31.0 Å². The van der Waals surface area contributed by atoms with E-state index < -0.39 is 0 Å². The van der Waals surface area contributed by atoms with Crippen LogP contribution in [0.2, 0.25) is 0 Å². The molecule has 0 saturated carbocycles. The molecule has 1 aromatic heterocycles. The number of benzene rings is 1. The number of anilines is 2. The van der Waals surface area contributed by atoms with Crippen LogP contribution in [0.15, 0.2) is 46.5 Å². The largest absolute Gasteiger partial charge is 0.381 e. The Morgan fingerprint density at radius 3 is 2.85 bits per heavy atom. The molecule has 0 bridgehead atoms. The lowest BCUT2D eigenvalue weighted by molar-refractivity contribution is 0.0816. The molecule has 26 heavy (non-hydrogen) atoms. The zero-order valence-electron chi connectivity index (χ0n) is 14.5. The highest BCUT2D eigenvalue weighted by atomic mass is 32.2. The summed E-state index contributed by atoms with van der Waals surface area (Å²) in [7, 11) is 1.76. The lowest BCUT2D eigenvalue weighted by Crippen LogP contribution is -2.37. The quantitative estimate of drug-likeness (QED) is 0.834. The molecule has 1 saturated heterocycles. The maximum absolute atomic E-state index is 9.74. The van der Waals surface area contributed by atoms with E-state index in [-0.39, 0.29) is 0 Å². The number of allylic oxidation sites excluding steroid dienone is 1. The van der Waals surface area contributed by atoms with Crippen LogP contribution < -0.4 is 10.2 Å². The van der Waals surface area contributed by atoms with E-state index in [1.54, 1.807) is 31.1 Å². The molecular weight excluding hydrogens is 346 g/mol. The Balaban J connectivity index is 1.60. The minimum absolute atomic E-state index is 0.309. The SMILES string of the molecule is COC1CCN(c2nccc(/C(C#N)=C3\Nc4ccccc4S3)n2)CC1. The van der Waals surface area contributed by atoms with E-state index >= 15 is 0 Å². The van der Waals surface area contributed by atoms with Gasteiger partial charge < -0.3 is 15.0 Å². The van der Waals surface area contributed by atoms with Crippen molar-refractivity contribution in [1.29, 1.82) is 5.26 Å². The number of fused-ring (bicyclic) bond motifs is 1. The zero-order chi connectivity index (χ0) is 17.9. The number of para-hydroxylation sites is 1. The van der Waals surface area contributed by atoms with Gasteiger partial charge in [-0.3, -0.25) is 0 Å². The van der Waals surface area contributed by atoms with E-state index in [4.69, 9.17) is 4.74 Å². The number of methoxy groups -OCH3 is 1. The fourth-order valence-corrected chi connectivity index (χ4v) is 4.19. The maximum atomic E-state index is 9.74. The summed E-state index contributed by atoms with van der Waals surface area (Å²) in [4.78, 5) is 12.3. The fraction of sp³-hybridized carbons (Fsp3) is 0.316. The highest BCUT2D eigenvalue weighted by molar-refractivity contribution is 8.04. The number of ether oxygens (including phenoxy) is 1. The number of hydrogen-bond donors (Lipinski definition) is 1. The van der Waals surface area contributed by atoms with Crippen LogP contribution in [0.5, 0.6) is 0 Å². The third-order valence-electron chi connectivity index (χ3n) is 4.64. The second kappa shape index (κ2) is 7.36. The van der Waals surface area contributed by atoms with Gasteiger partial charge in [0, 0.05) is 31.3 Å². The summed E-state index contributed by atoms with van der Waals surface area (Å²) in [6.07, 6.45) is 3.96. The van der Waals surface area contributed by atoms with Gasteiger partial charge in [-0.15, -0.1) is 0 Å². The highest BCUT2D eigenvalue weighted by Crippen LogP contribution is 2.43. The number of rotatable bonds is 3. The Hall–Kier alpha value is -2.56. The summed E-state index contributed by atoms with van der Waals surface area (Å²) < 4.78 is 5.42. The molecule has 2 aliphatic rings. The minimum Gasteiger partial charge on any atom is -0.381 e. The smallest absolute Gasteiger partial charge is 0.225 e. The van der Waals surface area contributed by atoms with Crippen molar-refractivity contribution in [3.63, 3.8) is 0 Å². The molecule has 2 aromatic rings. The number of piperidine rings is 1. The Morgan fingerprint density at radius 2 is 2.12 bits per heavy atom. The van der Waals surface area contributed by atoms with Crippen LogP contribution in [0.4, 0.5) is 11.6 Å². The first-order valence-corrected chi connectivity index (χ1v) is 9.39. The van der Waals surface area contributed by atoms with Crippen molar-refractivity contribution in [2.24, 2.45) is 0 Å². The monoisotopic (exact) mass is 365 g/mol. The summed E-state index contributed by atoms with van der Waals surface area (Å²) in [6.45, 7) is 1.72. The molecule has 0 radical (unpaired) electrons. The maximum Gasteiger partial charge on any atom is 0.225 e. The number of thioether (sulfide) groups is 1. The van der Waals surface area contributed by atoms with Gasteiger partial charge in [-0.2, -0.15) is 5.26 Å². The first-order chi connectivity index (χ1) is 12.8. The van der Waals surface area contributed by atoms with E-state index in [0.717, 1.165) is 41.5 Å². The molecule has 0 atom stereocenters. The summed E-state index contributed by atoms with van der Waals surface area (Å²) in [5.41, 5.74) is 2.21. The molecule has 1 N–H and O–H groups in total. The first kappa shape index (κ1) is 16.9. The van der Waals surface area contributed by atoms with Gasteiger partial charge in [-0.1, -0.05) is 23.9 Å². The number of nitrogens with zero attached hydrogens (tertiary/aromatic N) is 4. The molecule has 0 unspecified atom stereocenters. The number of nitrogens with one attached hydrogen (secondary N) is 1. The van der Waals surface area contributed by atoms with Gasteiger partial charge in [0.2, 0.25) is 5.95 Å². The topological polar surface area (TPSA) is 74.1 Å². The van der Waals surface area contributed by atoms with E-state index in [1.165, 1.54) is 0 Å². The normalized spacial score (nSPS) is 18.8. The summed E-state index contributed by atoms with van der Waals surface area (Å²) in [5.74, 6) is 0.672. The number of aromatic nitrogens is 2. The summed E-state index contributed by atoms with van der Waals surface area (Å²) >= 11 is 1.56. The highest BCUT2D eigenvalue weighted by Gasteiger charge is 2.23. The van der Waals surface area contributed by atoms with Gasteiger partial charge in [0.25, 0.3) is 0 Å². The minimum atomic E-state index is 0.309. The fourth-order valence-electron chi connectivity index (χ4n) is 3.19. The molecule has 2 aliphatic heterocycles. The van der Waals surface area contributed by atoms with Gasteiger partial charge >= 0.3 is 0 Å².